The van der Waals surface area contributed by atoms with Crippen molar-refractivity contribution in [2.75, 3.05) is 11.9 Å². The van der Waals surface area contributed by atoms with Crippen molar-refractivity contribution >= 4 is 67.1 Å². The van der Waals surface area contributed by atoms with E-state index in [9.17, 15) is 22.9 Å². The molecule has 13 heteroatoms. The minimum atomic E-state index is -4.71. The Morgan fingerprint density at radius 1 is 1.02 bits per heavy atom. The predicted molar refractivity (Wildman–Crippen MR) is 149 cm³/mol. The molecule has 0 aromatic heterocycles. The van der Waals surface area contributed by atoms with E-state index in [1.165, 1.54) is 18.2 Å². The van der Waals surface area contributed by atoms with E-state index in [0.717, 1.165) is 6.07 Å². The molecule has 0 aliphatic heterocycles. The second-order valence-corrected chi connectivity index (χ2v) is 10.5. The summed E-state index contributed by atoms with van der Waals surface area (Å²) in [6.45, 7) is 3.97. The summed E-state index contributed by atoms with van der Waals surface area (Å²) in [6.07, 6.45) is 0.315. The molecule has 4 aromatic carbocycles. The maximum atomic E-state index is 13.5. The smallest absolute Gasteiger partial charge is 0.870 e. The molecule has 0 aliphatic carbocycles. The molecule has 0 unspecified atom stereocenters. The molecule has 0 atom stereocenters. The molecule has 0 heterocycles. The third-order valence-corrected chi connectivity index (χ3v) is 7.12. The van der Waals surface area contributed by atoms with Crippen LogP contribution < -0.4 is 44.7 Å². The number of carbonyl (C=O) groups excluding carboxylic acids is 1. The summed E-state index contributed by atoms with van der Waals surface area (Å²) in [7, 11) is -4.71. The molecule has 1 amide bonds. The quantitative estimate of drug-likeness (QED) is 0.175. The molecule has 0 fully saturated rings. The Bertz CT molecular complexity index is 1730. The monoisotopic (exact) mass is 609 g/mol. The van der Waals surface area contributed by atoms with Gasteiger partial charge in [0.05, 0.1) is 17.3 Å². The Kier molecular flexibility index (Phi) is 10.6. The number of ether oxygens (including phenoxy) is 1. The number of azo groups is 1. The number of aryl methyl sites for hydroxylation is 1. The first-order valence-electron chi connectivity index (χ1n) is 11.7. The molecule has 2 N–H and O–H groups in total. The van der Waals surface area contributed by atoms with Gasteiger partial charge < -0.3 is 15.2 Å². The van der Waals surface area contributed by atoms with Crippen LogP contribution >= 0.6 is 23.2 Å². The van der Waals surface area contributed by atoms with Gasteiger partial charge in [-0.05, 0) is 60.7 Å². The van der Waals surface area contributed by atoms with Gasteiger partial charge >= 0.3 is 29.6 Å². The van der Waals surface area contributed by atoms with Gasteiger partial charge in [0, 0.05) is 21.7 Å². The first-order chi connectivity index (χ1) is 18.5. The second kappa shape index (κ2) is 13.3. The zero-order valence-electron chi connectivity index (χ0n) is 21.7. The number of fused-ring (bicyclic) bond motifs is 1. The van der Waals surface area contributed by atoms with E-state index < -0.39 is 26.7 Å². The summed E-state index contributed by atoms with van der Waals surface area (Å²) in [5.74, 6) is -0.984. The third kappa shape index (κ3) is 6.95. The van der Waals surface area contributed by atoms with E-state index in [2.05, 4.69) is 15.5 Å². The number of hydrogen-bond acceptors (Lipinski definition) is 7. The summed E-state index contributed by atoms with van der Waals surface area (Å²) >= 11 is 12.2. The van der Waals surface area contributed by atoms with Crippen molar-refractivity contribution in [3.05, 3.63) is 81.8 Å². The van der Waals surface area contributed by atoms with E-state index in [0.29, 0.717) is 40.8 Å². The largest absolute Gasteiger partial charge is 1.00 e. The van der Waals surface area contributed by atoms with Crippen LogP contribution in [0.1, 0.15) is 29.8 Å². The summed E-state index contributed by atoms with van der Waals surface area (Å²) < 4.78 is 39.2. The van der Waals surface area contributed by atoms with E-state index in [4.69, 9.17) is 27.9 Å². The van der Waals surface area contributed by atoms with Crippen LogP contribution in [0.15, 0.2) is 75.8 Å². The Labute approximate surface area is 263 Å². The third-order valence-electron chi connectivity index (χ3n) is 5.74. The van der Waals surface area contributed by atoms with Gasteiger partial charge in [-0.25, -0.2) is 0 Å². The fraction of sp³-hybridized carbons (Fsp3) is 0.148. The predicted octanol–water partition coefficient (Wildman–Crippen LogP) is 4.10. The Balaban J connectivity index is 0.00000441. The molecular weight excluding hydrogens is 588 g/mol. The SMILES string of the molecule is CCOc1ccc(NC(=O)c2cc3ccccc3c(N=Nc3c(CC)cc(Cl)cc3S(=O)(=O)O)c2[O-])cc1Cl.[Na+]. The molecule has 40 heavy (non-hydrogen) atoms. The van der Waals surface area contributed by atoms with Gasteiger partial charge in [-0.3, -0.25) is 9.35 Å². The van der Waals surface area contributed by atoms with E-state index >= 15 is 0 Å². The fourth-order valence-corrected chi connectivity index (χ4v) is 5.17. The zero-order valence-corrected chi connectivity index (χ0v) is 26.1. The number of hydrogen-bond donors (Lipinski definition) is 2. The molecule has 9 nitrogen and oxygen atoms in total. The molecule has 0 bridgehead atoms. The standard InChI is InChI=1S/C27H23Cl2N3O6S.Na/c1-3-15-11-17(28)13-23(39(35,36)37)24(15)31-32-25-19-8-6-5-7-16(19)12-20(26(25)33)27(34)30-18-9-10-22(38-4-2)21(29)14-18;/h5-14,33H,3-4H2,1-2H3,(H,30,34)(H,35,36,37);/q;+1/p-1. The maximum Gasteiger partial charge on any atom is 1.00 e. The molecule has 0 saturated carbocycles. The first kappa shape index (κ1) is 31.8. The molecule has 0 radical (unpaired) electrons. The Hall–Kier alpha value is -2.70. The molecule has 4 aromatic rings. The van der Waals surface area contributed by atoms with Crippen LogP contribution in [0.25, 0.3) is 10.8 Å². The Morgan fingerprint density at radius 2 is 1.73 bits per heavy atom. The molecule has 202 valence electrons. The number of carbonyl (C=O) groups is 1. The number of halogens is 2. The summed E-state index contributed by atoms with van der Waals surface area (Å²) in [5, 5.41) is 25.6. The van der Waals surface area contributed by atoms with Crippen LogP contribution in [0.4, 0.5) is 17.1 Å². The summed E-state index contributed by atoms with van der Waals surface area (Å²) in [6, 6.07) is 15.4. The van der Waals surface area contributed by atoms with E-state index in [1.807, 2.05) is 6.92 Å². The maximum absolute atomic E-state index is 13.5. The van der Waals surface area contributed by atoms with Crippen molar-refractivity contribution in [3.8, 4) is 11.5 Å². The fourth-order valence-electron chi connectivity index (χ4n) is 3.93. The number of amides is 1. The first-order valence-corrected chi connectivity index (χ1v) is 13.9. The molecular formula is C27H22Cl2N3NaO6S. The van der Waals surface area contributed by atoms with Gasteiger partial charge in [0.15, 0.2) is 0 Å². The number of anilines is 1. The van der Waals surface area contributed by atoms with Crippen molar-refractivity contribution in [1.82, 2.24) is 0 Å². The summed E-state index contributed by atoms with van der Waals surface area (Å²) in [5.41, 5.74) is 0.176. The normalized spacial score (nSPS) is 11.4. The second-order valence-electron chi connectivity index (χ2n) is 8.30. The van der Waals surface area contributed by atoms with Gasteiger partial charge in [-0.1, -0.05) is 60.1 Å². The minimum Gasteiger partial charge on any atom is -0.870 e. The topological polar surface area (TPSA) is 140 Å². The number of nitrogens with one attached hydrogen (secondary N) is 1. The van der Waals surface area contributed by atoms with Crippen LogP contribution in [-0.4, -0.2) is 25.5 Å². The van der Waals surface area contributed by atoms with Crippen molar-refractivity contribution in [3.63, 3.8) is 0 Å². The van der Waals surface area contributed by atoms with Crippen molar-refractivity contribution in [1.29, 1.82) is 0 Å². The minimum absolute atomic E-state index is 0. The van der Waals surface area contributed by atoms with E-state index in [1.54, 1.807) is 43.3 Å². The van der Waals surface area contributed by atoms with Gasteiger partial charge in [0.1, 0.15) is 16.3 Å². The zero-order chi connectivity index (χ0) is 28.3. The molecule has 0 saturated heterocycles. The van der Waals surface area contributed by atoms with Crippen LogP contribution in [0.5, 0.6) is 11.5 Å². The van der Waals surface area contributed by atoms with Gasteiger partial charge in [-0.15, -0.1) is 5.11 Å². The van der Waals surface area contributed by atoms with Crippen LogP contribution in [0, 0.1) is 0 Å². The van der Waals surface area contributed by atoms with Crippen molar-refractivity contribution in [2.45, 2.75) is 25.2 Å². The van der Waals surface area contributed by atoms with Crippen LogP contribution in [-0.2, 0) is 16.5 Å². The van der Waals surface area contributed by atoms with Crippen molar-refractivity contribution in [2.24, 2.45) is 10.2 Å². The number of rotatable bonds is 8. The average molecular weight is 610 g/mol. The van der Waals surface area contributed by atoms with Gasteiger partial charge in [0.25, 0.3) is 16.0 Å². The van der Waals surface area contributed by atoms with Gasteiger partial charge in [0.2, 0.25) is 0 Å². The Morgan fingerprint density at radius 3 is 2.38 bits per heavy atom. The average Bonchev–Trinajstić information content (AvgIpc) is 2.89. The molecule has 0 spiro atoms. The van der Waals surface area contributed by atoms with Crippen LogP contribution in [0.2, 0.25) is 10.0 Å². The molecule has 0 aliphatic rings. The summed E-state index contributed by atoms with van der Waals surface area (Å²) in [4.78, 5) is 12.6. The van der Waals surface area contributed by atoms with Crippen molar-refractivity contribution < 1.29 is 57.2 Å². The van der Waals surface area contributed by atoms with E-state index in [-0.39, 0.29) is 56.5 Å². The van der Waals surface area contributed by atoms with Gasteiger partial charge in [-0.2, -0.15) is 13.5 Å². The number of nitrogens with zero attached hydrogens (tertiary/aromatic N) is 2. The molecule has 4 rings (SSSR count). The van der Waals surface area contributed by atoms with Crippen LogP contribution in [0.3, 0.4) is 0 Å². The number of benzene rings is 4.